The van der Waals surface area contributed by atoms with Crippen molar-refractivity contribution in [2.75, 3.05) is 18.4 Å². The minimum absolute atomic E-state index is 0.0900. The van der Waals surface area contributed by atoms with Crippen molar-refractivity contribution in [3.05, 3.63) is 59.9 Å². The number of nitrogens with one attached hydrogen (secondary N) is 1. The summed E-state index contributed by atoms with van der Waals surface area (Å²) >= 11 is 1.55. The minimum Gasteiger partial charge on any atom is -0.419 e. The average Bonchev–Trinajstić information content (AvgIpc) is 3.40. The van der Waals surface area contributed by atoms with E-state index in [-0.39, 0.29) is 12.5 Å². The van der Waals surface area contributed by atoms with Crippen molar-refractivity contribution in [1.82, 2.24) is 20.1 Å². The molecule has 1 aromatic carbocycles. The number of hydrogen-bond donors (Lipinski definition) is 1. The molecule has 0 aliphatic heterocycles. The van der Waals surface area contributed by atoms with Gasteiger partial charge in [-0.25, -0.2) is 0 Å². The first-order valence-electron chi connectivity index (χ1n) is 9.45. The van der Waals surface area contributed by atoms with Crippen LogP contribution in [0, 0.1) is 0 Å². The zero-order chi connectivity index (χ0) is 20.1. The van der Waals surface area contributed by atoms with Crippen LogP contribution in [0.4, 0.5) is 5.69 Å². The summed E-state index contributed by atoms with van der Waals surface area (Å²) in [4.78, 5) is 20.0. The van der Waals surface area contributed by atoms with Crippen LogP contribution in [0.5, 0.6) is 0 Å². The summed E-state index contributed by atoms with van der Waals surface area (Å²) in [6, 6.07) is 13.4. The smallest absolute Gasteiger partial charge is 0.257 e. The number of anilines is 1. The number of thiophene rings is 1. The van der Waals surface area contributed by atoms with Crippen molar-refractivity contribution in [1.29, 1.82) is 0 Å². The Balaban J connectivity index is 1.43. The van der Waals surface area contributed by atoms with Gasteiger partial charge in [0.1, 0.15) is 0 Å². The van der Waals surface area contributed by atoms with E-state index in [0.717, 1.165) is 34.4 Å². The second kappa shape index (κ2) is 8.93. The molecule has 1 amide bonds. The van der Waals surface area contributed by atoms with E-state index in [1.165, 1.54) is 0 Å². The fraction of sp³-hybridized carbons (Fsp3) is 0.238. The normalized spacial score (nSPS) is 11.2. The Morgan fingerprint density at radius 2 is 2.10 bits per heavy atom. The minimum atomic E-state index is -0.0900. The quantitative estimate of drug-likeness (QED) is 0.471. The molecule has 4 rings (SSSR count). The van der Waals surface area contributed by atoms with Crippen LogP contribution < -0.4 is 5.32 Å². The maximum atomic E-state index is 12.7. The molecular formula is C21H21N5O2S. The molecule has 29 heavy (non-hydrogen) atoms. The summed E-state index contributed by atoms with van der Waals surface area (Å²) in [5.74, 6) is 0.927. The molecule has 0 saturated heterocycles. The lowest BCUT2D eigenvalue weighted by Crippen LogP contribution is -2.33. The van der Waals surface area contributed by atoms with Gasteiger partial charge in [0, 0.05) is 11.6 Å². The van der Waals surface area contributed by atoms with Gasteiger partial charge >= 0.3 is 0 Å². The number of aromatic nitrogens is 3. The Labute approximate surface area is 172 Å². The van der Waals surface area contributed by atoms with Gasteiger partial charge in [-0.2, -0.15) is 0 Å². The zero-order valence-corrected chi connectivity index (χ0v) is 16.9. The van der Waals surface area contributed by atoms with Gasteiger partial charge < -0.3 is 9.73 Å². The molecule has 1 N–H and O–H groups in total. The number of benzene rings is 1. The monoisotopic (exact) mass is 407 g/mol. The molecule has 0 spiro atoms. The molecule has 0 fully saturated rings. The molecule has 3 heterocycles. The van der Waals surface area contributed by atoms with Crippen LogP contribution in [0.2, 0.25) is 0 Å². The van der Waals surface area contributed by atoms with E-state index in [4.69, 9.17) is 4.42 Å². The van der Waals surface area contributed by atoms with E-state index in [1.807, 2.05) is 52.7 Å². The number of nitrogens with zero attached hydrogens (tertiary/aromatic N) is 4. The molecule has 0 atom stereocenters. The molecule has 8 heteroatoms. The van der Waals surface area contributed by atoms with Gasteiger partial charge in [0.2, 0.25) is 11.8 Å². The summed E-state index contributed by atoms with van der Waals surface area (Å²) in [6.45, 7) is 3.49. The van der Waals surface area contributed by atoms with Gasteiger partial charge in [0.25, 0.3) is 5.89 Å². The molecule has 7 nitrogen and oxygen atoms in total. The third kappa shape index (κ3) is 4.67. The summed E-state index contributed by atoms with van der Waals surface area (Å²) in [7, 11) is 0. The summed E-state index contributed by atoms with van der Waals surface area (Å²) < 4.78 is 5.77. The van der Waals surface area contributed by atoms with Crippen molar-refractivity contribution in [3.8, 4) is 10.8 Å². The largest absolute Gasteiger partial charge is 0.419 e. The SMILES string of the molecule is CCCN(CC(=O)Nc1cccc2ncccc12)Cc1nnc(-c2cccs2)o1. The molecule has 0 radical (unpaired) electrons. The van der Waals surface area contributed by atoms with Gasteiger partial charge in [0.15, 0.2) is 0 Å². The topological polar surface area (TPSA) is 84.2 Å². The third-order valence-corrected chi connectivity index (χ3v) is 5.24. The second-order valence-corrected chi connectivity index (χ2v) is 7.56. The van der Waals surface area contributed by atoms with Crippen LogP contribution in [0.3, 0.4) is 0 Å². The van der Waals surface area contributed by atoms with E-state index in [2.05, 4.69) is 27.4 Å². The molecule has 0 bridgehead atoms. The van der Waals surface area contributed by atoms with Crippen LogP contribution >= 0.6 is 11.3 Å². The van der Waals surface area contributed by atoms with Crippen molar-refractivity contribution in [2.24, 2.45) is 0 Å². The third-order valence-electron chi connectivity index (χ3n) is 4.38. The molecule has 148 valence electrons. The number of fused-ring (bicyclic) bond motifs is 1. The second-order valence-electron chi connectivity index (χ2n) is 6.61. The van der Waals surface area contributed by atoms with E-state index in [9.17, 15) is 4.79 Å². The number of carbonyl (C=O) groups excluding carboxylic acids is 1. The number of pyridine rings is 1. The molecule has 4 aromatic rings. The van der Waals surface area contributed by atoms with Crippen molar-refractivity contribution >= 4 is 33.8 Å². The van der Waals surface area contributed by atoms with Gasteiger partial charge in [-0.3, -0.25) is 14.7 Å². The van der Waals surface area contributed by atoms with E-state index in [1.54, 1.807) is 17.5 Å². The van der Waals surface area contributed by atoms with Crippen LogP contribution in [0.15, 0.2) is 58.5 Å². The first-order chi connectivity index (χ1) is 14.2. The van der Waals surface area contributed by atoms with Crippen LogP contribution in [0.25, 0.3) is 21.7 Å². The van der Waals surface area contributed by atoms with Crippen LogP contribution in [-0.4, -0.2) is 39.1 Å². The highest BCUT2D eigenvalue weighted by molar-refractivity contribution is 7.13. The Morgan fingerprint density at radius 1 is 1.17 bits per heavy atom. The molecule has 0 saturated carbocycles. The number of rotatable bonds is 8. The van der Waals surface area contributed by atoms with Crippen LogP contribution in [0.1, 0.15) is 19.2 Å². The van der Waals surface area contributed by atoms with Crippen molar-refractivity contribution in [3.63, 3.8) is 0 Å². The summed E-state index contributed by atoms with van der Waals surface area (Å²) in [5.41, 5.74) is 1.61. The Morgan fingerprint density at radius 3 is 2.93 bits per heavy atom. The predicted octanol–water partition coefficient (Wildman–Crippen LogP) is 4.20. The maximum absolute atomic E-state index is 12.7. The van der Waals surface area contributed by atoms with Crippen molar-refractivity contribution in [2.45, 2.75) is 19.9 Å². The first kappa shape index (κ1) is 19.2. The lowest BCUT2D eigenvalue weighted by atomic mass is 10.2. The standard InChI is InChI=1S/C21H21N5O2S/c1-2-11-26(14-20-24-25-21(28-20)18-9-5-12-29-18)13-19(27)23-17-8-3-7-16-15(17)6-4-10-22-16/h3-10,12H,2,11,13-14H2,1H3,(H,23,27). The van der Waals surface area contributed by atoms with E-state index >= 15 is 0 Å². The number of carbonyl (C=O) groups is 1. The fourth-order valence-corrected chi connectivity index (χ4v) is 3.79. The first-order valence-corrected chi connectivity index (χ1v) is 10.3. The fourth-order valence-electron chi connectivity index (χ4n) is 3.14. The molecule has 0 aliphatic rings. The lowest BCUT2D eigenvalue weighted by molar-refractivity contribution is -0.117. The van der Waals surface area contributed by atoms with Crippen LogP contribution in [-0.2, 0) is 11.3 Å². The number of hydrogen-bond acceptors (Lipinski definition) is 7. The highest BCUT2D eigenvalue weighted by Crippen LogP contribution is 2.24. The Kier molecular flexibility index (Phi) is 5.92. The highest BCUT2D eigenvalue weighted by atomic mass is 32.1. The molecule has 3 aromatic heterocycles. The predicted molar refractivity (Wildman–Crippen MR) is 114 cm³/mol. The number of amides is 1. The van der Waals surface area contributed by atoms with E-state index in [0.29, 0.717) is 18.3 Å². The van der Waals surface area contributed by atoms with E-state index < -0.39 is 0 Å². The maximum Gasteiger partial charge on any atom is 0.257 e. The Bertz CT molecular complexity index is 1090. The van der Waals surface area contributed by atoms with Crippen molar-refractivity contribution < 1.29 is 9.21 Å². The Hall–Kier alpha value is -3.10. The van der Waals surface area contributed by atoms with Gasteiger partial charge in [0.05, 0.1) is 29.2 Å². The highest BCUT2D eigenvalue weighted by Gasteiger charge is 2.16. The lowest BCUT2D eigenvalue weighted by Gasteiger charge is -2.19. The summed E-state index contributed by atoms with van der Waals surface area (Å²) in [6.07, 6.45) is 2.66. The molecule has 0 aliphatic carbocycles. The molecular weight excluding hydrogens is 386 g/mol. The zero-order valence-electron chi connectivity index (χ0n) is 16.0. The van der Waals surface area contributed by atoms with Gasteiger partial charge in [-0.1, -0.05) is 19.1 Å². The van der Waals surface area contributed by atoms with Gasteiger partial charge in [-0.15, -0.1) is 21.5 Å². The summed E-state index contributed by atoms with van der Waals surface area (Å²) in [5, 5.41) is 14.1. The van der Waals surface area contributed by atoms with Gasteiger partial charge in [-0.05, 0) is 48.7 Å². The molecule has 0 unspecified atom stereocenters. The average molecular weight is 407 g/mol.